The van der Waals surface area contributed by atoms with Crippen LogP contribution in [0.4, 0.5) is 26.3 Å². The Morgan fingerprint density at radius 3 is 2.36 bits per heavy atom. The number of carbonyl (C=O) groups excluding carboxylic acids is 1. The topological polar surface area (TPSA) is 94.9 Å². The number of hydrogen-bond donors (Lipinski definition) is 2. The van der Waals surface area contributed by atoms with Gasteiger partial charge < -0.3 is 11.1 Å². The number of halogens is 7. The average Bonchev–Trinajstić information content (AvgIpc) is 3.10. The summed E-state index contributed by atoms with van der Waals surface area (Å²) in [6.07, 6.45) is -10.4. The molecule has 3 aromatic rings. The van der Waals surface area contributed by atoms with Crippen LogP contribution in [0, 0.1) is 0 Å². The molecule has 0 bridgehead atoms. The SMILES string of the molecule is NC(CNC(=O)Cn1nc(-c2ccc(Cl)cc2)n(CCC(F)(F)F)c1=O)c1cccc(C(F)(F)F)c1. The fourth-order valence-electron chi connectivity index (χ4n) is 3.28. The Labute approximate surface area is 205 Å². The van der Waals surface area contributed by atoms with Crippen molar-refractivity contribution >= 4 is 17.5 Å². The zero-order chi connectivity index (χ0) is 26.7. The molecule has 0 saturated heterocycles. The summed E-state index contributed by atoms with van der Waals surface area (Å²) in [5.41, 5.74) is 4.49. The van der Waals surface area contributed by atoms with E-state index in [2.05, 4.69) is 10.4 Å². The summed E-state index contributed by atoms with van der Waals surface area (Å²) in [5, 5.41) is 6.77. The highest BCUT2D eigenvalue weighted by atomic mass is 35.5. The minimum absolute atomic E-state index is 0.0885. The van der Waals surface area contributed by atoms with Crippen LogP contribution in [0.25, 0.3) is 11.4 Å². The molecule has 1 amide bonds. The van der Waals surface area contributed by atoms with Gasteiger partial charge in [0.2, 0.25) is 5.91 Å². The second kappa shape index (κ2) is 10.7. The normalized spacial score (nSPS) is 13.0. The van der Waals surface area contributed by atoms with E-state index in [1.165, 1.54) is 36.4 Å². The average molecular weight is 536 g/mol. The van der Waals surface area contributed by atoms with Crippen molar-refractivity contribution in [3.8, 4) is 11.4 Å². The number of aromatic nitrogens is 3. The summed E-state index contributed by atoms with van der Waals surface area (Å²) in [6.45, 7) is -1.62. The highest BCUT2D eigenvalue weighted by Gasteiger charge is 2.31. The Bertz CT molecular complexity index is 1270. The molecule has 194 valence electrons. The summed E-state index contributed by atoms with van der Waals surface area (Å²) >= 11 is 5.84. The number of alkyl halides is 6. The molecule has 3 rings (SSSR count). The maximum Gasteiger partial charge on any atom is 0.416 e. The summed E-state index contributed by atoms with van der Waals surface area (Å²) in [7, 11) is 0. The van der Waals surface area contributed by atoms with E-state index >= 15 is 0 Å². The van der Waals surface area contributed by atoms with Gasteiger partial charge in [0.1, 0.15) is 6.54 Å². The van der Waals surface area contributed by atoms with Crippen LogP contribution in [-0.2, 0) is 24.1 Å². The lowest BCUT2D eigenvalue weighted by Gasteiger charge is -2.15. The number of hydrogen-bond acceptors (Lipinski definition) is 4. The number of carbonyl (C=O) groups is 1. The van der Waals surface area contributed by atoms with Crippen molar-refractivity contribution in [3.63, 3.8) is 0 Å². The molecule has 0 radical (unpaired) electrons. The van der Waals surface area contributed by atoms with E-state index in [1.807, 2.05) is 0 Å². The van der Waals surface area contributed by atoms with Gasteiger partial charge in [-0.2, -0.15) is 26.3 Å². The number of nitrogens with zero attached hydrogens (tertiary/aromatic N) is 3. The Morgan fingerprint density at radius 1 is 1.08 bits per heavy atom. The molecular weight excluding hydrogens is 516 g/mol. The highest BCUT2D eigenvalue weighted by Crippen LogP contribution is 2.30. The fourth-order valence-corrected chi connectivity index (χ4v) is 3.40. The van der Waals surface area contributed by atoms with Crippen molar-refractivity contribution in [2.75, 3.05) is 6.54 Å². The highest BCUT2D eigenvalue weighted by molar-refractivity contribution is 6.30. The lowest BCUT2D eigenvalue weighted by atomic mass is 10.0. The van der Waals surface area contributed by atoms with E-state index in [0.717, 1.165) is 16.7 Å². The van der Waals surface area contributed by atoms with E-state index in [4.69, 9.17) is 17.3 Å². The maximum atomic E-state index is 12.9. The third-order valence-corrected chi connectivity index (χ3v) is 5.35. The van der Waals surface area contributed by atoms with Crippen LogP contribution in [0.2, 0.25) is 5.02 Å². The van der Waals surface area contributed by atoms with Gasteiger partial charge in [0.15, 0.2) is 5.82 Å². The van der Waals surface area contributed by atoms with Crippen LogP contribution in [-0.4, -0.2) is 33.0 Å². The molecule has 0 aliphatic rings. The van der Waals surface area contributed by atoms with Crippen molar-refractivity contribution in [2.24, 2.45) is 5.73 Å². The van der Waals surface area contributed by atoms with Crippen LogP contribution >= 0.6 is 11.6 Å². The van der Waals surface area contributed by atoms with E-state index < -0.39 is 55.1 Å². The molecule has 0 aliphatic heterocycles. The molecule has 36 heavy (non-hydrogen) atoms. The van der Waals surface area contributed by atoms with Gasteiger partial charge in [-0.25, -0.2) is 9.48 Å². The first kappa shape index (κ1) is 27.3. The lowest BCUT2D eigenvalue weighted by Crippen LogP contribution is -2.37. The summed E-state index contributed by atoms with van der Waals surface area (Å²) in [5.74, 6) is -0.850. The molecule has 3 N–H and O–H groups in total. The molecule has 14 heteroatoms. The number of nitrogens with two attached hydrogens (primary N) is 1. The van der Waals surface area contributed by atoms with E-state index in [0.29, 0.717) is 15.3 Å². The molecule has 0 aliphatic carbocycles. The second-order valence-electron chi connectivity index (χ2n) is 7.82. The predicted octanol–water partition coefficient (Wildman–Crippen LogP) is 4.15. The quantitative estimate of drug-likeness (QED) is 0.424. The minimum Gasteiger partial charge on any atom is -0.353 e. The van der Waals surface area contributed by atoms with Crippen molar-refractivity contribution in [3.05, 3.63) is 75.2 Å². The van der Waals surface area contributed by atoms with Gasteiger partial charge in [-0.15, -0.1) is 5.10 Å². The van der Waals surface area contributed by atoms with Crippen molar-refractivity contribution in [2.45, 2.75) is 37.9 Å². The maximum absolute atomic E-state index is 12.9. The van der Waals surface area contributed by atoms with Gasteiger partial charge in [-0.3, -0.25) is 9.36 Å². The van der Waals surface area contributed by atoms with Crippen molar-refractivity contribution in [1.82, 2.24) is 19.7 Å². The second-order valence-corrected chi connectivity index (χ2v) is 8.26. The van der Waals surface area contributed by atoms with Gasteiger partial charge in [-0.05, 0) is 42.0 Å². The number of rotatable bonds is 8. The summed E-state index contributed by atoms with van der Waals surface area (Å²) < 4.78 is 78.6. The largest absolute Gasteiger partial charge is 0.416 e. The third kappa shape index (κ3) is 7.10. The predicted molar refractivity (Wildman–Crippen MR) is 119 cm³/mol. The smallest absolute Gasteiger partial charge is 0.353 e. The zero-order valence-corrected chi connectivity index (χ0v) is 19.2. The monoisotopic (exact) mass is 535 g/mol. The van der Waals surface area contributed by atoms with Crippen molar-refractivity contribution < 1.29 is 31.1 Å². The van der Waals surface area contributed by atoms with Crippen molar-refractivity contribution in [1.29, 1.82) is 0 Å². The van der Waals surface area contributed by atoms with Gasteiger partial charge in [0.25, 0.3) is 0 Å². The molecule has 7 nitrogen and oxygen atoms in total. The van der Waals surface area contributed by atoms with Gasteiger partial charge in [0, 0.05) is 29.7 Å². The fraction of sp³-hybridized carbons (Fsp3) is 0.318. The standard InChI is InChI=1S/C22H20ClF6N5O2/c23-16-6-4-13(5-7-16)19-32-34(20(36)33(19)9-8-21(24,25)26)12-18(35)31-11-17(30)14-2-1-3-15(10-14)22(27,28)29/h1-7,10,17H,8-9,11-12,30H2,(H,31,35). The molecule has 2 aromatic carbocycles. The number of nitrogens with one attached hydrogen (secondary N) is 1. The molecule has 1 aromatic heterocycles. The van der Waals surface area contributed by atoms with Gasteiger partial charge in [0.05, 0.1) is 12.0 Å². The molecule has 0 spiro atoms. The van der Waals surface area contributed by atoms with E-state index in [1.54, 1.807) is 0 Å². The Kier molecular flexibility index (Phi) is 8.14. The summed E-state index contributed by atoms with van der Waals surface area (Å²) in [6, 6.07) is 9.19. The molecule has 0 fully saturated rings. The minimum atomic E-state index is -4.56. The van der Waals surface area contributed by atoms with Crippen LogP contribution < -0.4 is 16.7 Å². The Morgan fingerprint density at radius 2 is 1.75 bits per heavy atom. The van der Waals surface area contributed by atoms with Crippen LogP contribution in [0.5, 0.6) is 0 Å². The molecule has 1 atom stereocenters. The summed E-state index contributed by atoms with van der Waals surface area (Å²) in [4.78, 5) is 25.1. The van der Waals surface area contributed by atoms with Gasteiger partial charge in [-0.1, -0.05) is 23.7 Å². The number of amides is 1. The van der Waals surface area contributed by atoms with Crippen LogP contribution in [0.3, 0.4) is 0 Å². The zero-order valence-electron chi connectivity index (χ0n) is 18.4. The first-order valence-electron chi connectivity index (χ1n) is 10.4. The molecule has 1 unspecified atom stereocenters. The molecule has 0 saturated carbocycles. The Balaban J connectivity index is 1.75. The third-order valence-electron chi connectivity index (χ3n) is 5.10. The van der Waals surface area contributed by atoms with E-state index in [9.17, 15) is 35.9 Å². The number of benzene rings is 2. The van der Waals surface area contributed by atoms with E-state index in [-0.39, 0.29) is 17.9 Å². The van der Waals surface area contributed by atoms with Gasteiger partial charge >= 0.3 is 18.0 Å². The Hall–Kier alpha value is -3.32. The first-order chi connectivity index (χ1) is 16.7. The van der Waals surface area contributed by atoms with Crippen LogP contribution in [0.15, 0.2) is 53.3 Å². The lowest BCUT2D eigenvalue weighted by molar-refractivity contribution is -0.138. The first-order valence-corrected chi connectivity index (χ1v) is 10.8. The molecule has 1 heterocycles. The molecular formula is C22H20ClF6N5O2. The van der Waals surface area contributed by atoms with Crippen LogP contribution in [0.1, 0.15) is 23.6 Å².